The molecule has 2 aliphatic heterocycles. The second-order valence-electron chi connectivity index (χ2n) is 7.98. The number of aliphatic imine (C=N–C) groups is 1. The second-order valence-corrected chi connectivity index (χ2v) is 7.98. The maximum Gasteiger partial charge on any atom is 0.193 e. The number of nitrogens with one attached hydrogen (secondary N) is 1. The Morgan fingerprint density at radius 2 is 1.80 bits per heavy atom. The van der Waals surface area contributed by atoms with Crippen LogP contribution in [-0.2, 0) is 0 Å². The molecule has 2 heterocycles. The van der Waals surface area contributed by atoms with E-state index < -0.39 is 0 Å². The van der Waals surface area contributed by atoms with Crippen molar-refractivity contribution < 1.29 is 0 Å². The largest absolute Gasteiger partial charge is 0.355 e. The Morgan fingerprint density at radius 3 is 2.36 bits per heavy atom. The van der Waals surface area contributed by atoms with Gasteiger partial charge in [0.25, 0.3) is 0 Å². The predicted molar refractivity (Wildman–Crippen MR) is 119 cm³/mol. The van der Waals surface area contributed by atoms with Crippen molar-refractivity contribution >= 4 is 29.9 Å². The molecular weight excluding hydrogens is 425 g/mol. The normalized spacial score (nSPS) is 24.5. The van der Waals surface area contributed by atoms with Crippen LogP contribution >= 0.6 is 24.0 Å². The summed E-state index contributed by atoms with van der Waals surface area (Å²) in [5.74, 6) is 2.73. The Bertz CT molecular complexity index is 393. The first-order valence-corrected chi connectivity index (χ1v) is 9.95. The van der Waals surface area contributed by atoms with Gasteiger partial charge in [0.1, 0.15) is 0 Å². The molecule has 0 aliphatic carbocycles. The highest BCUT2D eigenvalue weighted by Gasteiger charge is 2.26. The van der Waals surface area contributed by atoms with Crippen LogP contribution in [0, 0.1) is 11.8 Å². The van der Waals surface area contributed by atoms with E-state index in [9.17, 15) is 0 Å². The van der Waals surface area contributed by atoms with Crippen LogP contribution in [0.5, 0.6) is 0 Å². The van der Waals surface area contributed by atoms with Crippen LogP contribution < -0.4 is 5.32 Å². The number of likely N-dealkylation sites (N-methyl/N-ethyl adjacent to an activating group) is 1. The minimum absolute atomic E-state index is 0. The van der Waals surface area contributed by atoms with E-state index in [1.54, 1.807) is 0 Å². The molecule has 25 heavy (non-hydrogen) atoms. The Morgan fingerprint density at radius 1 is 1.12 bits per heavy atom. The quantitative estimate of drug-likeness (QED) is 0.372. The summed E-state index contributed by atoms with van der Waals surface area (Å²) in [7, 11) is 1.92. The highest BCUT2D eigenvalue weighted by molar-refractivity contribution is 14.0. The topological polar surface area (TPSA) is 34.1 Å². The SMILES string of the molecule is CCN1CCN(C(C)CNC(=NC)N2CCC(CC(C)C)C2)CC1.I. The first-order valence-electron chi connectivity index (χ1n) is 9.95. The lowest BCUT2D eigenvalue weighted by Gasteiger charge is -2.38. The van der Waals surface area contributed by atoms with Crippen LogP contribution in [0.3, 0.4) is 0 Å². The molecule has 2 saturated heterocycles. The van der Waals surface area contributed by atoms with Crippen LogP contribution in [0.25, 0.3) is 0 Å². The number of piperazine rings is 1. The van der Waals surface area contributed by atoms with Gasteiger partial charge in [0.05, 0.1) is 0 Å². The van der Waals surface area contributed by atoms with Gasteiger partial charge >= 0.3 is 0 Å². The van der Waals surface area contributed by atoms with Gasteiger partial charge in [-0.25, -0.2) is 0 Å². The molecule has 0 aromatic rings. The number of hydrogen-bond donors (Lipinski definition) is 1. The monoisotopic (exact) mass is 465 g/mol. The van der Waals surface area contributed by atoms with Crippen molar-refractivity contribution in [1.82, 2.24) is 20.0 Å². The minimum atomic E-state index is 0. The first kappa shape index (κ1) is 23.0. The number of likely N-dealkylation sites (tertiary alicyclic amines) is 1. The van der Waals surface area contributed by atoms with Crippen molar-refractivity contribution in [2.45, 2.75) is 46.6 Å². The number of halogens is 1. The van der Waals surface area contributed by atoms with Gasteiger partial charge in [-0.05, 0) is 38.1 Å². The van der Waals surface area contributed by atoms with Gasteiger partial charge in [0.15, 0.2) is 5.96 Å². The van der Waals surface area contributed by atoms with Crippen LogP contribution in [0.1, 0.15) is 40.5 Å². The summed E-state index contributed by atoms with van der Waals surface area (Å²) in [5, 5.41) is 3.63. The van der Waals surface area contributed by atoms with Crippen molar-refractivity contribution in [2.24, 2.45) is 16.8 Å². The Kier molecular flexibility index (Phi) is 10.6. The molecule has 2 unspecified atom stereocenters. The lowest BCUT2D eigenvalue weighted by atomic mass is 9.97. The Balaban J connectivity index is 0.00000312. The predicted octanol–water partition coefficient (Wildman–Crippen LogP) is 2.57. The zero-order valence-corrected chi connectivity index (χ0v) is 19.3. The smallest absolute Gasteiger partial charge is 0.193 e. The van der Waals surface area contributed by atoms with E-state index in [4.69, 9.17) is 0 Å². The highest BCUT2D eigenvalue weighted by atomic mass is 127. The first-order chi connectivity index (χ1) is 11.5. The molecule has 5 nitrogen and oxygen atoms in total. The summed E-state index contributed by atoms with van der Waals surface area (Å²) in [6.07, 6.45) is 2.65. The molecule has 6 heteroatoms. The standard InChI is InChI=1S/C19H39N5.HI/c1-6-22-9-11-23(12-10-22)17(4)14-21-19(20-5)24-8-7-18(15-24)13-16(2)3;/h16-18H,6-15H2,1-5H3,(H,20,21);1H. The molecule has 0 aromatic carbocycles. The third-order valence-electron chi connectivity index (χ3n) is 5.63. The van der Waals surface area contributed by atoms with Crippen molar-refractivity contribution in [3.05, 3.63) is 0 Å². The molecule has 148 valence electrons. The van der Waals surface area contributed by atoms with Crippen LogP contribution in [0.4, 0.5) is 0 Å². The fourth-order valence-corrected chi connectivity index (χ4v) is 4.10. The maximum atomic E-state index is 4.53. The molecule has 0 amide bonds. The molecule has 0 bridgehead atoms. The number of nitrogens with zero attached hydrogens (tertiary/aromatic N) is 4. The molecule has 2 atom stereocenters. The van der Waals surface area contributed by atoms with E-state index >= 15 is 0 Å². The molecule has 0 aromatic heterocycles. The second kappa shape index (κ2) is 11.6. The van der Waals surface area contributed by atoms with Crippen LogP contribution in [-0.4, -0.2) is 86.1 Å². The van der Waals surface area contributed by atoms with Crippen molar-refractivity contribution in [3.8, 4) is 0 Å². The van der Waals surface area contributed by atoms with E-state index in [1.807, 2.05) is 7.05 Å². The van der Waals surface area contributed by atoms with Gasteiger partial charge in [-0.1, -0.05) is 20.8 Å². The summed E-state index contributed by atoms with van der Waals surface area (Å²) in [5.41, 5.74) is 0. The summed E-state index contributed by atoms with van der Waals surface area (Å²) in [6, 6.07) is 0.565. The third kappa shape index (κ3) is 7.21. The number of guanidine groups is 1. The van der Waals surface area contributed by atoms with E-state index in [1.165, 1.54) is 52.1 Å². The average Bonchev–Trinajstić information content (AvgIpc) is 3.03. The lowest BCUT2D eigenvalue weighted by Crippen LogP contribution is -2.53. The summed E-state index contributed by atoms with van der Waals surface area (Å²) in [4.78, 5) is 12.1. The molecule has 2 rings (SSSR count). The van der Waals surface area contributed by atoms with Gasteiger partial charge in [-0.15, -0.1) is 24.0 Å². The Labute approximate surface area is 172 Å². The molecule has 0 saturated carbocycles. The molecule has 0 spiro atoms. The molecule has 0 radical (unpaired) electrons. The zero-order valence-electron chi connectivity index (χ0n) is 17.0. The Hall–Kier alpha value is -0.0800. The van der Waals surface area contributed by atoms with Gasteiger partial charge in [-0.3, -0.25) is 9.89 Å². The molecule has 2 aliphatic rings. The van der Waals surface area contributed by atoms with Gasteiger partial charge in [-0.2, -0.15) is 0 Å². The van der Waals surface area contributed by atoms with Crippen molar-refractivity contribution in [1.29, 1.82) is 0 Å². The molecular formula is C19H40IN5. The zero-order chi connectivity index (χ0) is 17.5. The maximum absolute atomic E-state index is 4.53. The van der Waals surface area contributed by atoms with Gasteiger partial charge in [0.2, 0.25) is 0 Å². The van der Waals surface area contributed by atoms with E-state index in [2.05, 4.69) is 52.7 Å². The van der Waals surface area contributed by atoms with E-state index in [0.29, 0.717) is 6.04 Å². The lowest BCUT2D eigenvalue weighted by molar-refractivity contribution is 0.107. The van der Waals surface area contributed by atoms with Gasteiger partial charge < -0.3 is 15.1 Å². The average molecular weight is 465 g/mol. The summed E-state index contributed by atoms with van der Waals surface area (Å²) < 4.78 is 0. The summed E-state index contributed by atoms with van der Waals surface area (Å²) in [6.45, 7) is 18.5. The number of rotatable bonds is 6. The van der Waals surface area contributed by atoms with Crippen LogP contribution in [0.2, 0.25) is 0 Å². The van der Waals surface area contributed by atoms with Crippen molar-refractivity contribution in [3.63, 3.8) is 0 Å². The minimum Gasteiger partial charge on any atom is -0.355 e. The molecule has 1 N–H and O–H groups in total. The summed E-state index contributed by atoms with van der Waals surface area (Å²) >= 11 is 0. The van der Waals surface area contributed by atoms with Gasteiger partial charge in [0, 0.05) is 58.9 Å². The third-order valence-corrected chi connectivity index (χ3v) is 5.63. The fourth-order valence-electron chi connectivity index (χ4n) is 4.10. The number of hydrogen-bond acceptors (Lipinski definition) is 3. The molecule has 2 fully saturated rings. The highest BCUT2D eigenvalue weighted by Crippen LogP contribution is 2.23. The van der Waals surface area contributed by atoms with Crippen LogP contribution in [0.15, 0.2) is 4.99 Å². The van der Waals surface area contributed by atoms with Crippen molar-refractivity contribution in [2.75, 3.05) is 59.4 Å². The van der Waals surface area contributed by atoms with E-state index in [0.717, 1.165) is 30.9 Å². The van der Waals surface area contributed by atoms with E-state index in [-0.39, 0.29) is 24.0 Å². The fraction of sp³-hybridized carbons (Fsp3) is 0.947.